The lowest BCUT2D eigenvalue weighted by Gasteiger charge is -2.33. The van der Waals surface area contributed by atoms with Crippen molar-refractivity contribution in [1.82, 2.24) is 10.2 Å². The molecule has 1 aromatic carbocycles. The van der Waals surface area contributed by atoms with Gasteiger partial charge in [0.15, 0.2) is 0 Å². The van der Waals surface area contributed by atoms with E-state index in [4.69, 9.17) is 0 Å². The summed E-state index contributed by atoms with van der Waals surface area (Å²) >= 11 is 1.83. The third-order valence-corrected chi connectivity index (χ3v) is 6.16. The Labute approximate surface area is 148 Å². The Balaban J connectivity index is 1.60. The van der Waals surface area contributed by atoms with E-state index in [9.17, 15) is 4.79 Å². The zero-order valence-corrected chi connectivity index (χ0v) is 15.7. The Morgan fingerprint density at radius 2 is 2.12 bits per heavy atom. The molecule has 1 amide bonds. The van der Waals surface area contributed by atoms with E-state index >= 15 is 0 Å². The number of thiophene rings is 1. The third-order valence-electron chi connectivity index (χ3n) is 5.16. The predicted octanol–water partition coefficient (Wildman–Crippen LogP) is 4.16. The van der Waals surface area contributed by atoms with Crippen LogP contribution < -0.4 is 5.32 Å². The highest BCUT2D eigenvalue weighted by molar-refractivity contribution is 7.10. The highest BCUT2D eigenvalue weighted by Crippen LogP contribution is 2.32. The lowest BCUT2D eigenvalue weighted by atomic mass is 10.0. The van der Waals surface area contributed by atoms with Gasteiger partial charge in [-0.25, -0.2) is 0 Å². The molecule has 2 heterocycles. The van der Waals surface area contributed by atoms with Crippen molar-refractivity contribution in [2.45, 2.75) is 46.2 Å². The summed E-state index contributed by atoms with van der Waals surface area (Å²) in [7, 11) is 0. The van der Waals surface area contributed by atoms with Crippen LogP contribution >= 0.6 is 11.3 Å². The molecular formula is C20H26N2OS. The van der Waals surface area contributed by atoms with Crippen LogP contribution in [0.25, 0.3) is 0 Å². The first-order valence-electron chi connectivity index (χ1n) is 8.62. The zero-order chi connectivity index (χ0) is 17.3. The Morgan fingerprint density at radius 1 is 1.33 bits per heavy atom. The molecule has 3 nitrogen and oxygen atoms in total. The summed E-state index contributed by atoms with van der Waals surface area (Å²) in [6.45, 7) is 9.90. The number of amides is 1. The van der Waals surface area contributed by atoms with Gasteiger partial charge in [-0.3, -0.25) is 9.69 Å². The van der Waals surface area contributed by atoms with Crippen LogP contribution in [0, 0.1) is 13.8 Å². The largest absolute Gasteiger partial charge is 0.348 e. The number of fused-ring (bicyclic) bond motifs is 1. The van der Waals surface area contributed by atoms with Crippen LogP contribution in [0.4, 0.5) is 0 Å². The molecule has 3 rings (SSSR count). The molecule has 24 heavy (non-hydrogen) atoms. The molecule has 0 bridgehead atoms. The van der Waals surface area contributed by atoms with Gasteiger partial charge in [-0.1, -0.05) is 18.2 Å². The average molecular weight is 343 g/mol. The van der Waals surface area contributed by atoms with E-state index < -0.39 is 0 Å². The standard InChI is InChI=1S/C20H26N2OS/c1-13-5-6-17(11-14(13)2)15(3)21-20(23)12-22-9-7-19-18(16(22)4)8-10-24-19/h5-6,8,10-11,15-16H,7,9,12H2,1-4H3,(H,21,23)/t15-,16-/m0/s1. The van der Waals surface area contributed by atoms with E-state index in [1.165, 1.54) is 27.1 Å². The van der Waals surface area contributed by atoms with Crippen molar-refractivity contribution in [3.8, 4) is 0 Å². The third kappa shape index (κ3) is 3.55. The van der Waals surface area contributed by atoms with E-state index in [0.29, 0.717) is 12.6 Å². The van der Waals surface area contributed by atoms with Gasteiger partial charge in [-0.2, -0.15) is 0 Å². The Bertz CT molecular complexity index is 737. The van der Waals surface area contributed by atoms with E-state index in [-0.39, 0.29) is 11.9 Å². The Morgan fingerprint density at radius 3 is 2.88 bits per heavy atom. The second-order valence-corrected chi connectivity index (χ2v) is 7.83. The predicted molar refractivity (Wildman–Crippen MR) is 100 cm³/mol. The van der Waals surface area contributed by atoms with Gasteiger partial charge in [0.25, 0.3) is 0 Å². The Hall–Kier alpha value is -1.65. The average Bonchev–Trinajstić information content (AvgIpc) is 3.02. The number of hydrogen-bond donors (Lipinski definition) is 1. The molecule has 128 valence electrons. The van der Waals surface area contributed by atoms with Crippen molar-refractivity contribution < 1.29 is 4.79 Å². The first kappa shape index (κ1) is 17.2. The second kappa shape index (κ2) is 7.08. The maximum Gasteiger partial charge on any atom is 0.234 e. The van der Waals surface area contributed by atoms with Crippen LogP contribution in [0.3, 0.4) is 0 Å². The number of aryl methyl sites for hydroxylation is 2. The van der Waals surface area contributed by atoms with Crippen molar-refractivity contribution in [2.75, 3.05) is 13.1 Å². The second-order valence-electron chi connectivity index (χ2n) is 6.83. The van der Waals surface area contributed by atoms with Gasteiger partial charge in [0, 0.05) is 17.5 Å². The molecule has 0 saturated heterocycles. The number of carbonyl (C=O) groups excluding carboxylic acids is 1. The lowest BCUT2D eigenvalue weighted by Crippen LogP contribution is -2.42. The highest BCUT2D eigenvalue weighted by atomic mass is 32.1. The summed E-state index contributed by atoms with van der Waals surface area (Å²) in [6.07, 6.45) is 1.05. The van der Waals surface area contributed by atoms with Crippen molar-refractivity contribution in [1.29, 1.82) is 0 Å². The van der Waals surface area contributed by atoms with Gasteiger partial charge in [0.2, 0.25) is 5.91 Å². The molecule has 1 aliphatic rings. The fourth-order valence-electron chi connectivity index (χ4n) is 3.37. The maximum atomic E-state index is 12.5. The molecule has 1 N–H and O–H groups in total. The molecule has 1 aromatic heterocycles. The van der Waals surface area contributed by atoms with Crippen molar-refractivity contribution in [2.24, 2.45) is 0 Å². The number of benzene rings is 1. The van der Waals surface area contributed by atoms with Gasteiger partial charge in [-0.05, 0) is 67.8 Å². The summed E-state index contributed by atoms with van der Waals surface area (Å²) in [5.74, 6) is 0.103. The summed E-state index contributed by atoms with van der Waals surface area (Å²) in [6, 6.07) is 8.96. The van der Waals surface area contributed by atoms with Crippen LogP contribution in [0.5, 0.6) is 0 Å². The van der Waals surface area contributed by atoms with Crippen LogP contribution in [-0.2, 0) is 11.2 Å². The fraction of sp³-hybridized carbons (Fsp3) is 0.450. The fourth-order valence-corrected chi connectivity index (χ4v) is 4.33. The van der Waals surface area contributed by atoms with E-state index in [2.05, 4.69) is 67.6 Å². The van der Waals surface area contributed by atoms with Crippen molar-refractivity contribution >= 4 is 17.2 Å². The number of nitrogens with zero attached hydrogens (tertiary/aromatic N) is 1. The number of rotatable bonds is 4. The summed E-state index contributed by atoms with van der Waals surface area (Å²) in [5, 5.41) is 5.31. The van der Waals surface area contributed by atoms with E-state index in [0.717, 1.165) is 13.0 Å². The smallest absolute Gasteiger partial charge is 0.234 e. The highest BCUT2D eigenvalue weighted by Gasteiger charge is 2.26. The first-order chi connectivity index (χ1) is 11.5. The molecule has 2 aromatic rings. The molecule has 0 aliphatic carbocycles. The normalized spacial score (nSPS) is 18.9. The number of hydrogen-bond acceptors (Lipinski definition) is 3. The molecule has 0 unspecified atom stereocenters. The maximum absolute atomic E-state index is 12.5. The summed E-state index contributed by atoms with van der Waals surface area (Å²) < 4.78 is 0. The first-order valence-corrected chi connectivity index (χ1v) is 9.50. The van der Waals surface area contributed by atoms with Gasteiger partial charge in [-0.15, -0.1) is 11.3 Å². The minimum absolute atomic E-state index is 0.0357. The lowest BCUT2D eigenvalue weighted by molar-refractivity contribution is -0.123. The Kier molecular flexibility index (Phi) is 5.07. The molecule has 0 fully saturated rings. The molecule has 0 saturated carbocycles. The number of nitrogens with one attached hydrogen (secondary N) is 1. The van der Waals surface area contributed by atoms with Gasteiger partial charge in [0.1, 0.15) is 0 Å². The summed E-state index contributed by atoms with van der Waals surface area (Å²) in [5.41, 5.74) is 5.11. The van der Waals surface area contributed by atoms with Crippen LogP contribution in [-0.4, -0.2) is 23.9 Å². The van der Waals surface area contributed by atoms with E-state index in [1.54, 1.807) is 0 Å². The molecule has 2 atom stereocenters. The molecule has 0 radical (unpaired) electrons. The quantitative estimate of drug-likeness (QED) is 0.905. The van der Waals surface area contributed by atoms with Gasteiger partial charge < -0.3 is 5.32 Å². The molecule has 1 aliphatic heterocycles. The monoisotopic (exact) mass is 342 g/mol. The van der Waals surface area contributed by atoms with Crippen molar-refractivity contribution in [3.63, 3.8) is 0 Å². The molecule has 4 heteroatoms. The SMILES string of the molecule is Cc1ccc([C@H](C)NC(=O)CN2CCc3sccc3[C@@H]2C)cc1C. The molecule has 0 spiro atoms. The molecular weight excluding hydrogens is 316 g/mol. The zero-order valence-electron chi connectivity index (χ0n) is 14.9. The van der Waals surface area contributed by atoms with Crippen molar-refractivity contribution in [3.05, 3.63) is 56.8 Å². The van der Waals surface area contributed by atoms with Crippen LogP contribution in [0.15, 0.2) is 29.6 Å². The van der Waals surface area contributed by atoms with Gasteiger partial charge >= 0.3 is 0 Å². The topological polar surface area (TPSA) is 32.3 Å². The van der Waals surface area contributed by atoms with E-state index in [1.807, 2.05) is 11.3 Å². The van der Waals surface area contributed by atoms with Crippen LogP contribution in [0.1, 0.15) is 53.1 Å². The minimum Gasteiger partial charge on any atom is -0.348 e. The number of carbonyl (C=O) groups is 1. The summed E-state index contributed by atoms with van der Waals surface area (Å²) in [4.78, 5) is 16.2. The minimum atomic E-state index is 0.0357. The van der Waals surface area contributed by atoms with Gasteiger partial charge in [0.05, 0.1) is 12.6 Å². The van der Waals surface area contributed by atoms with Crippen LogP contribution in [0.2, 0.25) is 0 Å².